The average Bonchev–Trinajstić information content (AvgIpc) is 3.33. The standard InChI is InChI=1S/C22H16ClNO3S2/c1-2-27-22(26)19-15(13-7-3-5-9-17(13)23)11-29-21(19)24-20(25)16-12-28-18-10-6-4-8-14(16)18/h3-12H,2H2,1H3,(H,24,25). The lowest BCUT2D eigenvalue weighted by Crippen LogP contribution is -2.14. The van der Waals surface area contributed by atoms with E-state index in [4.69, 9.17) is 16.3 Å². The van der Waals surface area contributed by atoms with E-state index >= 15 is 0 Å². The molecule has 0 bridgehead atoms. The third-order valence-corrected chi connectivity index (χ3v) is 6.58. The van der Waals surface area contributed by atoms with Gasteiger partial charge in [0.2, 0.25) is 0 Å². The fraction of sp³-hybridized carbons (Fsp3) is 0.0909. The van der Waals surface area contributed by atoms with Crippen molar-refractivity contribution in [2.24, 2.45) is 0 Å². The minimum atomic E-state index is -0.492. The van der Waals surface area contributed by atoms with Gasteiger partial charge in [0.05, 0.1) is 12.2 Å². The maximum Gasteiger partial charge on any atom is 0.341 e. The quantitative estimate of drug-likeness (QED) is 0.350. The second-order valence-electron chi connectivity index (χ2n) is 6.15. The first-order valence-corrected chi connectivity index (χ1v) is 11.0. The highest BCUT2D eigenvalue weighted by Gasteiger charge is 2.24. The molecule has 2 aromatic heterocycles. The molecule has 0 aliphatic carbocycles. The van der Waals surface area contributed by atoms with Gasteiger partial charge in [-0.05, 0) is 19.1 Å². The van der Waals surface area contributed by atoms with Gasteiger partial charge in [-0.25, -0.2) is 4.79 Å². The van der Waals surface area contributed by atoms with Crippen molar-refractivity contribution in [1.82, 2.24) is 0 Å². The summed E-state index contributed by atoms with van der Waals surface area (Å²) >= 11 is 9.13. The summed E-state index contributed by atoms with van der Waals surface area (Å²) in [5, 5.41) is 8.39. The molecule has 0 atom stereocenters. The Hall–Kier alpha value is -2.67. The summed E-state index contributed by atoms with van der Waals surface area (Å²) in [5.74, 6) is -0.755. The number of carbonyl (C=O) groups excluding carboxylic acids is 2. The number of amides is 1. The van der Waals surface area contributed by atoms with E-state index in [1.165, 1.54) is 22.7 Å². The van der Waals surface area contributed by atoms with Crippen LogP contribution in [0, 0.1) is 0 Å². The Bertz CT molecular complexity index is 1210. The largest absolute Gasteiger partial charge is 0.462 e. The van der Waals surface area contributed by atoms with E-state index in [2.05, 4.69) is 5.32 Å². The number of esters is 1. The SMILES string of the molecule is CCOC(=O)c1c(-c2ccccc2Cl)csc1NC(=O)c1csc2ccccc12. The molecular weight excluding hydrogens is 426 g/mol. The number of hydrogen-bond donors (Lipinski definition) is 1. The molecule has 0 radical (unpaired) electrons. The summed E-state index contributed by atoms with van der Waals surface area (Å²) in [4.78, 5) is 25.7. The zero-order valence-corrected chi connectivity index (χ0v) is 17.8. The third kappa shape index (κ3) is 3.79. The Morgan fingerprint density at radius 3 is 2.55 bits per heavy atom. The predicted octanol–water partition coefficient (Wildman–Crippen LogP) is 6.71. The number of fused-ring (bicyclic) bond motifs is 1. The van der Waals surface area contributed by atoms with Crippen LogP contribution in [0.3, 0.4) is 0 Å². The van der Waals surface area contributed by atoms with E-state index in [1.807, 2.05) is 53.2 Å². The van der Waals surface area contributed by atoms with Gasteiger partial charge in [-0.1, -0.05) is 48.0 Å². The number of rotatable bonds is 5. The van der Waals surface area contributed by atoms with Gasteiger partial charge in [0.15, 0.2) is 0 Å². The summed E-state index contributed by atoms with van der Waals surface area (Å²) < 4.78 is 6.28. The van der Waals surface area contributed by atoms with Crippen LogP contribution in [0.2, 0.25) is 5.02 Å². The fourth-order valence-corrected chi connectivity index (χ4v) is 5.18. The van der Waals surface area contributed by atoms with Crippen molar-refractivity contribution in [2.75, 3.05) is 11.9 Å². The number of thiophene rings is 2. The molecule has 0 spiro atoms. The van der Waals surface area contributed by atoms with Gasteiger partial charge >= 0.3 is 5.97 Å². The van der Waals surface area contributed by atoms with Crippen LogP contribution in [-0.2, 0) is 4.74 Å². The van der Waals surface area contributed by atoms with E-state index in [9.17, 15) is 9.59 Å². The molecule has 2 aromatic carbocycles. The lowest BCUT2D eigenvalue weighted by molar-refractivity contribution is 0.0529. The van der Waals surface area contributed by atoms with E-state index < -0.39 is 5.97 Å². The minimum absolute atomic E-state index is 0.235. The highest BCUT2D eigenvalue weighted by molar-refractivity contribution is 7.17. The van der Waals surface area contributed by atoms with E-state index in [1.54, 1.807) is 13.0 Å². The topological polar surface area (TPSA) is 55.4 Å². The van der Waals surface area contributed by atoms with E-state index in [0.29, 0.717) is 26.7 Å². The highest BCUT2D eigenvalue weighted by Crippen LogP contribution is 2.39. The van der Waals surface area contributed by atoms with Gasteiger partial charge in [0, 0.05) is 37.0 Å². The molecule has 1 N–H and O–H groups in total. The monoisotopic (exact) mass is 441 g/mol. The lowest BCUT2D eigenvalue weighted by atomic mass is 10.0. The van der Waals surface area contributed by atoms with Crippen molar-refractivity contribution in [1.29, 1.82) is 0 Å². The second kappa shape index (κ2) is 8.37. The Morgan fingerprint density at radius 1 is 1.00 bits per heavy atom. The summed E-state index contributed by atoms with van der Waals surface area (Å²) in [7, 11) is 0. The van der Waals surface area contributed by atoms with Crippen LogP contribution in [0.5, 0.6) is 0 Å². The van der Waals surface area contributed by atoms with Crippen LogP contribution in [0.15, 0.2) is 59.3 Å². The van der Waals surface area contributed by atoms with E-state index in [0.717, 1.165) is 15.6 Å². The number of benzene rings is 2. The smallest absolute Gasteiger partial charge is 0.341 e. The van der Waals surface area contributed by atoms with Crippen LogP contribution >= 0.6 is 34.3 Å². The van der Waals surface area contributed by atoms with Crippen molar-refractivity contribution in [3.05, 3.63) is 75.4 Å². The van der Waals surface area contributed by atoms with Crippen molar-refractivity contribution in [3.8, 4) is 11.1 Å². The molecule has 0 aliphatic rings. The number of nitrogens with one attached hydrogen (secondary N) is 1. The van der Waals surface area contributed by atoms with Crippen LogP contribution < -0.4 is 5.32 Å². The molecule has 4 nitrogen and oxygen atoms in total. The Kier molecular flexibility index (Phi) is 5.67. The van der Waals surface area contributed by atoms with Crippen LogP contribution in [0.1, 0.15) is 27.6 Å². The number of carbonyl (C=O) groups is 2. The molecule has 0 aliphatic heterocycles. The molecule has 2 heterocycles. The lowest BCUT2D eigenvalue weighted by Gasteiger charge is -2.09. The first kappa shape index (κ1) is 19.6. The van der Waals surface area contributed by atoms with Crippen LogP contribution in [0.4, 0.5) is 5.00 Å². The van der Waals surface area contributed by atoms with Crippen LogP contribution in [0.25, 0.3) is 21.2 Å². The van der Waals surface area contributed by atoms with Crippen molar-refractivity contribution < 1.29 is 14.3 Å². The summed E-state index contributed by atoms with van der Waals surface area (Å²) in [6.07, 6.45) is 0. The number of hydrogen-bond acceptors (Lipinski definition) is 5. The molecule has 146 valence electrons. The van der Waals surface area contributed by atoms with E-state index in [-0.39, 0.29) is 12.5 Å². The van der Waals surface area contributed by atoms with Gasteiger partial charge in [0.1, 0.15) is 10.6 Å². The van der Waals surface area contributed by atoms with Gasteiger partial charge in [-0.3, -0.25) is 4.79 Å². The number of anilines is 1. The number of ether oxygens (including phenoxy) is 1. The number of halogens is 1. The maximum absolute atomic E-state index is 13.0. The van der Waals surface area contributed by atoms with Gasteiger partial charge in [-0.2, -0.15) is 0 Å². The van der Waals surface area contributed by atoms with Gasteiger partial charge in [0.25, 0.3) is 5.91 Å². The molecular formula is C22H16ClNO3S2. The summed E-state index contributed by atoms with van der Waals surface area (Å²) in [6.45, 7) is 1.98. The fourth-order valence-electron chi connectivity index (χ4n) is 3.06. The Labute approximate surface area is 180 Å². The molecule has 7 heteroatoms. The molecule has 29 heavy (non-hydrogen) atoms. The molecule has 0 saturated carbocycles. The van der Waals surface area contributed by atoms with Crippen molar-refractivity contribution >= 4 is 61.2 Å². The zero-order valence-electron chi connectivity index (χ0n) is 15.4. The highest BCUT2D eigenvalue weighted by atomic mass is 35.5. The Balaban J connectivity index is 1.75. The Morgan fingerprint density at radius 2 is 1.76 bits per heavy atom. The van der Waals surface area contributed by atoms with Crippen molar-refractivity contribution in [3.63, 3.8) is 0 Å². The molecule has 0 saturated heterocycles. The molecule has 4 aromatic rings. The normalized spacial score (nSPS) is 10.8. The molecule has 4 rings (SSSR count). The molecule has 1 amide bonds. The first-order chi connectivity index (χ1) is 14.1. The summed E-state index contributed by atoms with van der Waals surface area (Å²) in [5.41, 5.74) is 2.26. The van der Waals surface area contributed by atoms with Crippen LogP contribution in [-0.4, -0.2) is 18.5 Å². The third-order valence-electron chi connectivity index (χ3n) is 4.39. The second-order valence-corrected chi connectivity index (χ2v) is 8.35. The first-order valence-electron chi connectivity index (χ1n) is 8.91. The zero-order chi connectivity index (χ0) is 20.4. The predicted molar refractivity (Wildman–Crippen MR) is 120 cm³/mol. The molecule has 0 unspecified atom stereocenters. The summed E-state index contributed by atoms with van der Waals surface area (Å²) in [6, 6.07) is 15.0. The minimum Gasteiger partial charge on any atom is -0.462 e. The average molecular weight is 442 g/mol. The van der Waals surface area contributed by atoms with Gasteiger partial charge in [-0.15, -0.1) is 22.7 Å². The molecule has 0 fully saturated rings. The maximum atomic E-state index is 13.0. The van der Waals surface area contributed by atoms with Crippen molar-refractivity contribution in [2.45, 2.75) is 6.92 Å². The van der Waals surface area contributed by atoms with Gasteiger partial charge < -0.3 is 10.1 Å².